The molecule has 0 unspecified atom stereocenters. The molecule has 10 heavy (non-hydrogen) atoms. The summed E-state index contributed by atoms with van der Waals surface area (Å²) in [4.78, 5) is 0. The fraction of sp³-hybridized carbons (Fsp3) is 0.222. The van der Waals surface area contributed by atoms with Crippen LogP contribution in [0.5, 0.6) is 0 Å². The molecule has 0 saturated carbocycles. The van der Waals surface area contributed by atoms with E-state index >= 15 is 0 Å². The zero-order valence-electron chi connectivity index (χ0n) is 6.35. The van der Waals surface area contributed by atoms with Crippen LogP contribution in [0.3, 0.4) is 0 Å². The van der Waals surface area contributed by atoms with E-state index in [1.807, 2.05) is 6.92 Å². The minimum atomic E-state index is 0.441. The summed E-state index contributed by atoms with van der Waals surface area (Å²) in [5.41, 5.74) is 1.52. The molecule has 0 rings (SSSR count). The van der Waals surface area contributed by atoms with Crippen LogP contribution in [-0.4, -0.2) is 5.71 Å². The van der Waals surface area contributed by atoms with Gasteiger partial charge in [0.05, 0.1) is 5.71 Å². The Morgan fingerprint density at radius 1 is 1.40 bits per heavy atom. The van der Waals surface area contributed by atoms with Crippen LogP contribution in [0.1, 0.15) is 13.3 Å². The van der Waals surface area contributed by atoms with Gasteiger partial charge < -0.3 is 5.41 Å². The Morgan fingerprint density at radius 2 is 2.00 bits per heavy atom. The molecule has 0 aliphatic carbocycles. The summed E-state index contributed by atoms with van der Waals surface area (Å²) in [7, 11) is 0. The van der Waals surface area contributed by atoms with Gasteiger partial charge in [-0.2, -0.15) is 0 Å². The van der Waals surface area contributed by atoms with E-state index in [1.165, 1.54) is 6.08 Å². The monoisotopic (exact) mass is 135 g/mol. The first-order valence-electron chi connectivity index (χ1n) is 3.28. The van der Waals surface area contributed by atoms with Crippen molar-refractivity contribution in [2.75, 3.05) is 0 Å². The summed E-state index contributed by atoms with van der Waals surface area (Å²) < 4.78 is 0. The van der Waals surface area contributed by atoms with E-state index < -0.39 is 0 Å². The molecule has 1 N–H and O–H groups in total. The Hall–Kier alpha value is -1.11. The first-order chi connectivity index (χ1) is 4.74. The third-order valence-corrected chi connectivity index (χ3v) is 1.23. The lowest BCUT2D eigenvalue weighted by atomic mass is 10.1. The van der Waals surface area contributed by atoms with E-state index in [4.69, 9.17) is 5.41 Å². The normalized spacial score (nSPS) is 10.7. The quantitative estimate of drug-likeness (QED) is 0.452. The van der Waals surface area contributed by atoms with Crippen LogP contribution in [0.4, 0.5) is 0 Å². The van der Waals surface area contributed by atoms with Crippen molar-refractivity contribution in [1.29, 1.82) is 5.41 Å². The number of hydrogen-bond donors (Lipinski definition) is 1. The van der Waals surface area contributed by atoms with Crippen molar-refractivity contribution in [2.24, 2.45) is 0 Å². The third-order valence-electron chi connectivity index (χ3n) is 1.23. The average Bonchev–Trinajstić information content (AvgIpc) is 1.99. The summed E-state index contributed by atoms with van der Waals surface area (Å²) in [6, 6.07) is 0. The SMILES string of the molecule is C=CC(=N)/C=C(/C=C)CC. The minimum Gasteiger partial charge on any atom is -0.301 e. The van der Waals surface area contributed by atoms with E-state index in [2.05, 4.69) is 13.2 Å². The fourth-order valence-corrected chi connectivity index (χ4v) is 0.564. The summed E-state index contributed by atoms with van der Waals surface area (Å²) in [6.07, 6.45) is 5.96. The highest BCUT2D eigenvalue weighted by Gasteiger charge is 1.87. The lowest BCUT2D eigenvalue weighted by Gasteiger charge is -1.93. The van der Waals surface area contributed by atoms with Gasteiger partial charge in [0.1, 0.15) is 0 Å². The zero-order valence-corrected chi connectivity index (χ0v) is 6.35. The fourth-order valence-electron chi connectivity index (χ4n) is 0.564. The molecule has 1 nitrogen and oxygen atoms in total. The first kappa shape index (κ1) is 8.89. The van der Waals surface area contributed by atoms with Gasteiger partial charge in [0.15, 0.2) is 0 Å². The molecular formula is C9H13N. The molecule has 0 aromatic carbocycles. The summed E-state index contributed by atoms with van der Waals surface area (Å²) in [5, 5.41) is 7.23. The summed E-state index contributed by atoms with van der Waals surface area (Å²) in [6.45, 7) is 9.13. The van der Waals surface area contributed by atoms with E-state index in [9.17, 15) is 0 Å². The van der Waals surface area contributed by atoms with Gasteiger partial charge >= 0.3 is 0 Å². The molecule has 0 spiro atoms. The van der Waals surface area contributed by atoms with Gasteiger partial charge in [-0.25, -0.2) is 0 Å². The largest absolute Gasteiger partial charge is 0.301 e. The Morgan fingerprint density at radius 3 is 2.30 bits per heavy atom. The predicted octanol–water partition coefficient (Wildman–Crippen LogP) is 2.71. The lowest BCUT2D eigenvalue weighted by Crippen LogP contribution is -1.85. The van der Waals surface area contributed by atoms with Crippen LogP contribution in [0.15, 0.2) is 37.0 Å². The molecule has 0 saturated heterocycles. The molecule has 54 valence electrons. The van der Waals surface area contributed by atoms with E-state index in [0.717, 1.165) is 12.0 Å². The van der Waals surface area contributed by atoms with Crippen molar-refractivity contribution in [3.8, 4) is 0 Å². The lowest BCUT2D eigenvalue weighted by molar-refractivity contribution is 1.15. The minimum absolute atomic E-state index is 0.441. The molecule has 0 atom stereocenters. The Kier molecular flexibility index (Phi) is 4.21. The number of hydrogen-bond acceptors (Lipinski definition) is 1. The van der Waals surface area contributed by atoms with Crippen molar-refractivity contribution in [3.63, 3.8) is 0 Å². The van der Waals surface area contributed by atoms with Crippen molar-refractivity contribution >= 4 is 5.71 Å². The van der Waals surface area contributed by atoms with Gasteiger partial charge in [0.25, 0.3) is 0 Å². The van der Waals surface area contributed by atoms with Crippen LogP contribution < -0.4 is 0 Å². The molecule has 0 fully saturated rings. The first-order valence-corrected chi connectivity index (χ1v) is 3.28. The Balaban J connectivity index is 4.23. The maximum Gasteiger partial charge on any atom is 0.0536 e. The molecule has 0 aliphatic heterocycles. The van der Waals surface area contributed by atoms with Gasteiger partial charge in [-0.05, 0) is 24.1 Å². The van der Waals surface area contributed by atoms with Gasteiger partial charge in [0.2, 0.25) is 0 Å². The van der Waals surface area contributed by atoms with Crippen molar-refractivity contribution in [3.05, 3.63) is 37.0 Å². The summed E-state index contributed by atoms with van der Waals surface area (Å²) in [5.74, 6) is 0. The van der Waals surface area contributed by atoms with Gasteiger partial charge in [0, 0.05) is 0 Å². The maximum absolute atomic E-state index is 7.23. The van der Waals surface area contributed by atoms with Crippen molar-refractivity contribution in [1.82, 2.24) is 0 Å². The summed E-state index contributed by atoms with van der Waals surface area (Å²) >= 11 is 0. The second-order valence-corrected chi connectivity index (χ2v) is 1.94. The highest BCUT2D eigenvalue weighted by molar-refractivity contribution is 6.01. The second-order valence-electron chi connectivity index (χ2n) is 1.94. The molecule has 0 aromatic heterocycles. The molecular weight excluding hydrogens is 122 g/mol. The maximum atomic E-state index is 7.23. The Bertz CT molecular complexity index is 175. The Labute approximate surface area is 62.3 Å². The predicted molar refractivity (Wildman–Crippen MR) is 46.5 cm³/mol. The number of nitrogens with one attached hydrogen (secondary N) is 1. The topological polar surface area (TPSA) is 23.9 Å². The van der Waals surface area contributed by atoms with Crippen LogP contribution in [0, 0.1) is 5.41 Å². The van der Waals surface area contributed by atoms with Gasteiger partial charge in [-0.15, -0.1) is 0 Å². The molecule has 0 radical (unpaired) electrons. The average molecular weight is 135 g/mol. The highest BCUT2D eigenvalue weighted by atomic mass is 14.4. The van der Waals surface area contributed by atoms with Gasteiger partial charge in [-0.3, -0.25) is 0 Å². The van der Waals surface area contributed by atoms with Crippen molar-refractivity contribution < 1.29 is 0 Å². The van der Waals surface area contributed by atoms with Crippen LogP contribution in [0.2, 0.25) is 0 Å². The van der Waals surface area contributed by atoms with E-state index in [0.29, 0.717) is 5.71 Å². The van der Waals surface area contributed by atoms with E-state index in [-0.39, 0.29) is 0 Å². The molecule has 0 aliphatic rings. The molecule has 0 amide bonds. The second kappa shape index (κ2) is 4.74. The zero-order chi connectivity index (χ0) is 7.98. The van der Waals surface area contributed by atoms with E-state index in [1.54, 1.807) is 12.2 Å². The standard InChI is InChI=1S/C9H13N/c1-4-8(5-2)7-9(10)6-3/h4,6-7,10H,1,3,5H2,2H3/b8-7-,10-9?. The molecule has 0 heterocycles. The third kappa shape index (κ3) is 3.02. The number of rotatable bonds is 4. The van der Waals surface area contributed by atoms with Crippen LogP contribution in [-0.2, 0) is 0 Å². The molecule has 0 bridgehead atoms. The van der Waals surface area contributed by atoms with Crippen LogP contribution in [0.25, 0.3) is 0 Å². The number of allylic oxidation sites excluding steroid dienone is 4. The highest BCUT2D eigenvalue weighted by Crippen LogP contribution is 2.00. The van der Waals surface area contributed by atoms with Crippen LogP contribution >= 0.6 is 0 Å². The smallest absolute Gasteiger partial charge is 0.0536 e. The van der Waals surface area contributed by atoms with Crippen molar-refractivity contribution in [2.45, 2.75) is 13.3 Å². The van der Waals surface area contributed by atoms with Gasteiger partial charge in [-0.1, -0.05) is 26.2 Å². The molecule has 0 aromatic rings. The molecule has 1 heteroatoms.